The summed E-state index contributed by atoms with van der Waals surface area (Å²) in [5, 5.41) is 0.744. The van der Waals surface area contributed by atoms with Gasteiger partial charge in [-0.2, -0.15) is 0 Å². The molecule has 76 valence electrons. The predicted octanol–water partition coefficient (Wildman–Crippen LogP) is 3.29. The average molecular weight is 219 g/mol. The highest BCUT2D eigenvalue weighted by Crippen LogP contribution is 2.26. The second-order valence-corrected chi connectivity index (χ2v) is 3.90. The van der Waals surface area contributed by atoms with Gasteiger partial charge < -0.3 is 5.73 Å². The van der Waals surface area contributed by atoms with Crippen molar-refractivity contribution in [2.45, 2.75) is 6.92 Å². The zero-order valence-corrected chi connectivity index (χ0v) is 9.12. The Morgan fingerprint density at radius 2 is 2.00 bits per heavy atom. The van der Waals surface area contributed by atoms with Gasteiger partial charge in [-0.05, 0) is 36.2 Å². The second-order valence-electron chi connectivity index (χ2n) is 3.47. The maximum Gasteiger partial charge on any atom is 0.0506 e. The first-order chi connectivity index (χ1) is 7.16. The van der Waals surface area contributed by atoms with E-state index in [-0.39, 0.29) is 0 Å². The van der Waals surface area contributed by atoms with Crippen molar-refractivity contribution in [3.63, 3.8) is 0 Å². The number of aromatic nitrogens is 1. The fraction of sp³-hybridized carbons (Fsp3) is 0.0833. The number of hydrogen-bond donors (Lipinski definition) is 1. The first-order valence-corrected chi connectivity index (χ1v) is 5.01. The fourth-order valence-corrected chi connectivity index (χ4v) is 1.78. The number of pyridine rings is 1. The number of anilines is 1. The normalized spacial score (nSPS) is 10.3. The van der Waals surface area contributed by atoms with Crippen molar-refractivity contribution in [2.24, 2.45) is 0 Å². The third kappa shape index (κ3) is 2.10. The van der Waals surface area contributed by atoms with Crippen molar-refractivity contribution in [3.8, 4) is 11.1 Å². The molecule has 1 aromatic heterocycles. The van der Waals surface area contributed by atoms with E-state index < -0.39 is 0 Å². The first kappa shape index (κ1) is 9.99. The number of nitrogens with two attached hydrogens (primary N) is 1. The van der Waals surface area contributed by atoms with Crippen LogP contribution in [0.2, 0.25) is 5.02 Å². The third-order valence-electron chi connectivity index (χ3n) is 2.26. The molecular formula is C12H11ClN2. The number of halogens is 1. The molecule has 0 amide bonds. The van der Waals surface area contributed by atoms with Crippen molar-refractivity contribution in [2.75, 3.05) is 5.73 Å². The van der Waals surface area contributed by atoms with Gasteiger partial charge in [-0.1, -0.05) is 17.7 Å². The molecule has 1 aromatic carbocycles. The van der Waals surface area contributed by atoms with Gasteiger partial charge in [-0.3, -0.25) is 4.98 Å². The van der Waals surface area contributed by atoms with Crippen LogP contribution in [-0.4, -0.2) is 4.98 Å². The Labute approximate surface area is 93.7 Å². The van der Waals surface area contributed by atoms with Gasteiger partial charge in [-0.15, -0.1) is 0 Å². The Balaban J connectivity index is 2.54. The van der Waals surface area contributed by atoms with E-state index in [2.05, 4.69) is 4.98 Å². The second kappa shape index (κ2) is 3.91. The van der Waals surface area contributed by atoms with E-state index in [1.54, 1.807) is 12.4 Å². The lowest BCUT2D eigenvalue weighted by Gasteiger charge is -2.06. The van der Waals surface area contributed by atoms with Gasteiger partial charge >= 0.3 is 0 Å². The summed E-state index contributed by atoms with van der Waals surface area (Å²) >= 11 is 5.90. The highest BCUT2D eigenvalue weighted by molar-refractivity contribution is 6.30. The summed E-state index contributed by atoms with van der Waals surface area (Å²) < 4.78 is 0. The zero-order chi connectivity index (χ0) is 10.8. The molecule has 2 rings (SSSR count). The topological polar surface area (TPSA) is 38.9 Å². The van der Waals surface area contributed by atoms with E-state index in [0.717, 1.165) is 21.7 Å². The molecule has 2 nitrogen and oxygen atoms in total. The highest BCUT2D eigenvalue weighted by Gasteiger charge is 2.02. The van der Waals surface area contributed by atoms with Crippen LogP contribution in [-0.2, 0) is 0 Å². The van der Waals surface area contributed by atoms with E-state index in [1.165, 1.54) is 0 Å². The molecule has 0 aliphatic rings. The molecule has 0 unspecified atom stereocenters. The van der Waals surface area contributed by atoms with Gasteiger partial charge in [-0.25, -0.2) is 0 Å². The maximum atomic E-state index is 5.90. The molecule has 3 heteroatoms. The van der Waals surface area contributed by atoms with E-state index >= 15 is 0 Å². The van der Waals surface area contributed by atoms with Gasteiger partial charge in [0.25, 0.3) is 0 Å². The molecule has 2 N–H and O–H groups in total. The summed E-state index contributed by atoms with van der Waals surface area (Å²) in [4.78, 5) is 4.07. The summed E-state index contributed by atoms with van der Waals surface area (Å²) in [5.41, 5.74) is 9.60. The summed E-state index contributed by atoms with van der Waals surface area (Å²) in [6, 6.07) is 7.69. The van der Waals surface area contributed by atoms with Crippen molar-refractivity contribution in [1.82, 2.24) is 4.98 Å². The van der Waals surface area contributed by atoms with Crippen LogP contribution >= 0.6 is 11.6 Å². The number of nitrogens with zero attached hydrogens (tertiary/aromatic N) is 1. The van der Waals surface area contributed by atoms with Gasteiger partial charge in [0, 0.05) is 23.0 Å². The number of aryl methyl sites for hydroxylation is 1. The lowest BCUT2D eigenvalue weighted by atomic mass is 10.0. The van der Waals surface area contributed by atoms with Gasteiger partial charge in [0.15, 0.2) is 0 Å². The molecule has 0 bridgehead atoms. The number of hydrogen-bond acceptors (Lipinski definition) is 2. The van der Waals surface area contributed by atoms with E-state index in [4.69, 9.17) is 17.3 Å². The maximum absolute atomic E-state index is 5.90. The highest BCUT2D eigenvalue weighted by atomic mass is 35.5. The molecule has 0 fully saturated rings. The van der Waals surface area contributed by atoms with Crippen molar-refractivity contribution >= 4 is 17.3 Å². The van der Waals surface area contributed by atoms with Gasteiger partial charge in [0.1, 0.15) is 0 Å². The minimum atomic E-state index is 0.668. The van der Waals surface area contributed by atoms with Crippen molar-refractivity contribution in [3.05, 3.63) is 47.2 Å². The molecule has 0 aliphatic heterocycles. The first-order valence-electron chi connectivity index (χ1n) is 4.64. The molecular weight excluding hydrogens is 208 g/mol. The van der Waals surface area contributed by atoms with Crippen LogP contribution in [0.15, 0.2) is 36.7 Å². The van der Waals surface area contributed by atoms with Crippen molar-refractivity contribution < 1.29 is 0 Å². The summed E-state index contributed by atoms with van der Waals surface area (Å²) in [5.74, 6) is 0. The van der Waals surface area contributed by atoms with Crippen molar-refractivity contribution in [1.29, 1.82) is 0 Å². The largest absolute Gasteiger partial charge is 0.397 e. The van der Waals surface area contributed by atoms with Crippen LogP contribution in [0, 0.1) is 6.92 Å². The minimum absolute atomic E-state index is 0.668. The Morgan fingerprint density at radius 1 is 1.20 bits per heavy atom. The SMILES string of the molecule is Cc1cc(Cl)ccc1-c1cncc(N)c1. The molecule has 2 aromatic rings. The number of nitrogen functional groups attached to an aromatic ring is 1. The number of benzene rings is 1. The lowest BCUT2D eigenvalue weighted by Crippen LogP contribution is -1.89. The van der Waals surface area contributed by atoms with Crippen LogP contribution < -0.4 is 5.73 Å². The Hall–Kier alpha value is -1.54. The fourth-order valence-electron chi connectivity index (χ4n) is 1.56. The van der Waals surface area contributed by atoms with E-state index in [1.807, 2.05) is 31.2 Å². The molecule has 0 saturated carbocycles. The van der Waals surface area contributed by atoms with Crippen LogP contribution in [0.4, 0.5) is 5.69 Å². The van der Waals surface area contributed by atoms with Crippen LogP contribution in [0.5, 0.6) is 0 Å². The van der Waals surface area contributed by atoms with E-state index in [9.17, 15) is 0 Å². The van der Waals surface area contributed by atoms with Gasteiger partial charge in [0.2, 0.25) is 0 Å². The smallest absolute Gasteiger partial charge is 0.0506 e. The monoisotopic (exact) mass is 218 g/mol. The lowest BCUT2D eigenvalue weighted by molar-refractivity contribution is 1.32. The molecule has 0 aliphatic carbocycles. The Bertz CT molecular complexity index is 495. The predicted molar refractivity (Wildman–Crippen MR) is 63.8 cm³/mol. The number of rotatable bonds is 1. The average Bonchev–Trinajstić information content (AvgIpc) is 2.17. The third-order valence-corrected chi connectivity index (χ3v) is 2.49. The standard InChI is InChI=1S/C12H11ClN2/c1-8-4-10(13)2-3-12(8)9-5-11(14)7-15-6-9/h2-7H,14H2,1H3. The molecule has 0 atom stereocenters. The minimum Gasteiger partial charge on any atom is -0.397 e. The van der Waals surface area contributed by atoms with Crippen LogP contribution in [0.3, 0.4) is 0 Å². The summed E-state index contributed by atoms with van der Waals surface area (Å²) in [6.07, 6.45) is 3.43. The van der Waals surface area contributed by atoms with Gasteiger partial charge in [0.05, 0.1) is 5.69 Å². The van der Waals surface area contributed by atoms with E-state index in [0.29, 0.717) is 5.69 Å². The van der Waals surface area contributed by atoms with Crippen LogP contribution in [0.25, 0.3) is 11.1 Å². The molecule has 0 saturated heterocycles. The summed E-state index contributed by atoms with van der Waals surface area (Å²) in [7, 11) is 0. The van der Waals surface area contributed by atoms with Crippen LogP contribution in [0.1, 0.15) is 5.56 Å². The molecule has 1 heterocycles. The summed E-state index contributed by atoms with van der Waals surface area (Å²) in [6.45, 7) is 2.02. The molecule has 0 radical (unpaired) electrons. The molecule has 15 heavy (non-hydrogen) atoms. The zero-order valence-electron chi connectivity index (χ0n) is 8.37. The Kier molecular flexibility index (Phi) is 2.60. The molecule has 0 spiro atoms. The quantitative estimate of drug-likeness (QED) is 0.798. The Morgan fingerprint density at radius 3 is 2.67 bits per heavy atom.